The van der Waals surface area contributed by atoms with Crippen LogP contribution in [-0.2, 0) is 6.42 Å². The van der Waals surface area contributed by atoms with E-state index in [0.29, 0.717) is 17.9 Å². The number of nitrogens with zero attached hydrogens (tertiary/aromatic N) is 1. The quantitative estimate of drug-likeness (QED) is 0.777. The molecule has 1 aromatic carbocycles. The van der Waals surface area contributed by atoms with E-state index < -0.39 is 0 Å². The van der Waals surface area contributed by atoms with Gasteiger partial charge < -0.3 is 0 Å². The maximum atomic E-state index is 3.15. The van der Waals surface area contributed by atoms with Gasteiger partial charge in [0.05, 0.1) is 0 Å². The first-order valence-electron chi connectivity index (χ1n) is 6.76. The average Bonchev–Trinajstić information content (AvgIpc) is 2.83. The number of hydrogen-bond donors (Lipinski definition) is 1. The molecule has 18 heavy (non-hydrogen) atoms. The molecule has 2 heteroatoms. The van der Waals surface area contributed by atoms with E-state index in [1.54, 1.807) is 0 Å². The van der Waals surface area contributed by atoms with E-state index in [1.807, 2.05) is 6.20 Å². The largest absolute Gasteiger partial charge is 0.250 e. The number of imidazole rings is 1. The summed E-state index contributed by atoms with van der Waals surface area (Å²) in [7, 11) is 0. The monoisotopic (exact) mass is 243 g/mol. The zero-order valence-corrected chi connectivity index (χ0v) is 11.5. The van der Waals surface area contributed by atoms with Gasteiger partial charge in [-0.2, -0.15) is 0 Å². The Kier molecular flexibility index (Phi) is 4.19. The number of nitrogens with one attached hydrogen (secondary N) is 1. The predicted molar refractivity (Wildman–Crippen MR) is 74.2 cm³/mol. The van der Waals surface area contributed by atoms with Gasteiger partial charge in [-0.15, -0.1) is 0 Å². The Bertz CT molecular complexity index is 445. The lowest BCUT2D eigenvalue weighted by molar-refractivity contribution is -0.734. The Hall–Kier alpha value is -1.57. The van der Waals surface area contributed by atoms with E-state index in [1.165, 1.54) is 5.56 Å². The minimum Gasteiger partial charge on any atom is -0.250 e. The molecule has 0 bridgehead atoms. The third-order valence-corrected chi connectivity index (χ3v) is 3.58. The van der Waals surface area contributed by atoms with Gasteiger partial charge in [0.25, 0.3) is 0 Å². The Labute approximate surface area is 110 Å². The first-order valence-corrected chi connectivity index (χ1v) is 6.76. The number of aromatic nitrogens is 2. The minimum atomic E-state index is 0.538. The first-order chi connectivity index (χ1) is 8.68. The molecule has 0 saturated carbocycles. The van der Waals surface area contributed by atoms with Gasteiger partial charge >= 0.3 is 0 Å². The van der Waals surface area contributed by atoms with Gasteiger partial charge in [-0.3, -0.25) is 4.98 Å². The van der Waals surface area contributed by atoms with Crippen LogP contribution in [0.25, 0.3) is 0 Å². The molecule has 0 spiro atoms. The summed E-state index contributed by atoms with van der Waals surface area (Å²) in [6.45, 7) is 6.94. The number of hydrogen-bond acceptors (Lipinski definition) is 0. The molecule has 2 nitrogen and oxygen atoms in total. The predicted octanol–water partition coefficient (Wildman–Crippen LogP) is 3.38. The molecule has 0 radical (unpaired) electrons. The standard InChI is InChI=1S/C16H22N2/c1-13(2)16(18-10-9-17-12-18)14(3)11-15-7-5-4-6-8-15/h4-10,12-14,16H,11H2,1-3H3/p+1. The Morgan fingerprint density at radius 2 is 1.83 bits per heavy atom. The molecular weight excluding hydrogens is 220 g/mol. The molecule has 1 N–H and O–H groups in total. The minimum absolute atomic E-state index is 0.538. The van der Waals surface area contributed by atoms with Crippen molar-refractivity contribution < 1.29 is 4.57 Å². The maximum absolute atomic E-state index is 3.15. The molecule has 0 aliphatic rings. The smallest absolute Gasteiger partial charge is 0.241 e. The Balaban J connectivity index is 2.12. The first kappa shape index (κ1) is 12.9. The summed E-state index contributed by atoms with van der Waals surface area (Å²) in [6.07, 6.45) is 7.31. The van der Waals surface area contributed by atoms with Gasteiger partial charge in [-0.05, 0) is 17.9 Å². The lowest BCUT2D eigenvalue weighted by Gasteiger charge is -2.24. The highest BCUT2D eigenvalue weighted by Crippen LogP contribution is 2.24. The normalized spacial score (nSPS) is 14.7. The summed E-state index contributed by atoms with van der Waals surface area (Å²) in [5.41, 5.74) is 1.42. The highest BCUT2D eigenvalue weighted by molar-refractivity contribution is 5.15. The van der Waals surface area contributed by atoms with Crippen LogP contribution in [0.15, 0.2) is 49.1 Å². The van der Waals surface area contributed by atoms with E-state index in [0.717, 1.165) is 6.42 Å². The van der Waals surface area contributed by atoms with Crippen molar-refractivity contribution in [2.24, 2.45) is 11.8 Å². The van der Waals surface area contributed by atoms with Crippen molar-refractivity contribution in [1.82, 2.24) is 4.98 Å². The van der Waals surface area contributed by atoms with Crippen LogP contribution in [-0.4, -0.2) is 4.98 Å². The van der Waals surface area contributed by atoms with Crippen LogP contribution in [0.5, 0.6) is 0 Å². The van der Waals surface area contributed by atoms with Crippen LogP contribution >= 0.6 is 0 Å². The molecule has 2 rings (SSSR count). The number of H-pyrrole nitrogens is 1. The second-order valence-electron chi connectivity index (χ2n) is 5.46. The molecule has 2 unspecified atom stereocenters. The van der Waals surface area contributed by atoms with E-state index in [4.69, 9.17) is 0 Å². The maximum Gasteiger partial charge on any atom is 0.241 e. The second kappa shape index (κ2) is 5.85. The zero-order chi connectivity index (χ0) is 13.0. The van der Waals surface area contributed by atoms with Gasteiger partial charge in [0.1, 0.15) is 18.4 Å². The molecule has 2 atom stereocenters. The van der Waals surface area contributed by atoms with Gasteiger partial charge in [0.2, 0.25) is 6.33 Å². The van der Waals surface area contributed by atoms with Crippen molar-refractivity contribution in [3.8, 4) is 0 Å². The third-order valence-electron chi connectivity index (χ3n) is 3.58. The Morgan fingerprint density at radius 3 is 2.39 bits per heavy atom. The van der Waals surface area contributed by atoms with Crippen molar-refractivity contribution in [1.29, 1.82) is 0 Å². The SMILES string of the molecule is CC(C)C(C(C)Cc1ccccc1)[n+]1cc[nH]c1. The molecule has 96 valence electrons. The Morgan fingerprint density at radius 1 is 1.11 bits per heavy atom. The molecule has 1 aromatic heterocycles. The fraction of sp³-hybridized carbons (Fsp3) is 0.438. The second-order valence-corrected chi connectivity index (χ2v) is 5.46. The van der Waals surface area contributed by atoms with Crippen molar-refractivity contribution >= 4 is 0 Å². The number of benzene rings is 1. The molecule has 0 aliphatic heterocycles. The summed E-state index contributed by atoms with van der Waals surface area (Å²) >= 11 is 0. The van der Waals surface area contributed by atoms with Gasteiger partial charge in [-0.1, -0.05) is 51.1 Å². The van der Waals surface area contributed by atoms with Crippen LogP contribution in [0.1, 0.15) is 32.4 Å². The fourth-order valence-electron chi connectivity index (χ4n) is 2.89. The third kappa shape index (κ3) is 3.00. The van der Waals surface area contributed by atoms with Gasteiger partial charge in [-0.25, -0.2) is 4.57 Å². The summed E-state index contributed by atoms with van der Waals surface area (Å²) in [5, 5.41) is 0. The van der Waals surface area contributed by atoms with E-state index in [9.17, 15) is 0 Å². The van der Waals surface area contributed by atoms with Gasteiger partial charge in [0, 0.05) is 5.92 Å². The highest BCUT2D eigenvalue weighted by Gasteiger charge is 2.26. The fourth-order valence-corrected chi connectivity index (χ4v) is 2.89. The van der Waals surface area contributed by atoms with Crippen molar-refractivity contribution in [3.05, 3.63) is 54.6 Å². The lowest BCUT2D eigenvalue weighted by atomic mass is 9.87. The molecule has 2 aromatic rings. The summed E-state index contributed by atoms with van der Waals surface area (Å²) in [5.74, 6) is 1.25. The molecule has 1 heterocycles. The van der Waals surface area contributed by atoms with E-state index >= 15 is 0 Å². The highest BCUT2D eigenvalue weighted by atomic mass is 15.1. The summed E-state index contributed by atoms with van der Waals surface area (Å²) < 4.78 is 2.30. The van der Waals surface area contributed by atoms with E-state index in [2.05, 4.69) is 73.2 Å². The van der Waals surface area contributed by atoms with Gasteiger partial charge in [0.15, 0.2) is 0 Å². The van der Waals surface area contributed by atoms with Crippen LogP contribution in [0.2, 0.25) is 0 Å². The summed E-state index contributed by atoms with van der Waals surface area (Å²) in [6, 6.07) is 11.3. The van der Waals surface area contributed by atoms with Crippen molar-refractivity contribution in [3.63, 3.8) is 0 Å². The van der Waals surface area contributed by atoms with Crippen molar-refractivity contribution in [2.75, 3.05) is 0 Å². The van der Waals surface area contributed by atoms with Crippen LogP contribution in [0.3, 0.4) is 0 Å². The summed E-state index contributed by atoms with van der Waals surface area (Å²) in [4.78, 5) is 3.15. The molecule has 0 fully saturated rings. The van der Waals surface area contributed by atoms with Crippen LogP contribution in [0.4, 0.5) is 0 Å². The average molecular weight is 243 g/mol. The molecule has 0 aliphatic carbocycles. The number of rotatable bonds is 5. The topological polar surface area (TPSA) is 19.7 Å². The van der Waals surface area contributed by atoms with Crippen LogP contribution < -0.4 is 4.57 Å². The van der Waals surface area contributed by atoms with Crippen LogP contribution in [0, 0.1) is 11.8 Å². The molecular formula is C16H23N2+. The number of aromatic amines is 1. The molecule has 0 saturated heterocycles. The van der Waals surface area contributed by atoms with E-state index in [-0.39, 0.29) is 0 Å². The lowest BCUT2D eigenvalue weighted by Crippen LogP contribution is -2.44. The molecule has 0 amide bonds. The van der Waals surface area contributed by atoms with Crippen molar-refractivity contribution in [2.45, 2.75) is 33.2 Å². The zero-order valence-electron chi connectivity index (χ0n) is 11.5.